The lowest BCUT2D eigenvalue weighted by molar-refractivity contribution is -0.142. The second-order valence-electron chi connectivity index (χ2n) is 4.62. The number of carbonyl (C=O) groups excluding carboxylic acids is 1. The van der Waals surface area contributed by atoms with Crippen molar-refractivity contribution in [3.05, 3.63) is 0 Å². The molecule has 0 aromatic rings. The lowest BCUT2D eigenvalue weighted by Crippen LogP contribution is -2.41. The first-order valence-corrected chi connectivity index (χ1v) is 5.12. The third-order valence-electron chi connectivity index (χ3n) is 1.54. The second-order valence-corrected chi connectivity index (χ2v) is 4.62. The monoisotopic (exact) mass is 232 g/mol. The molecule has 0 heterocycles. The fourth-order valence-electron chi connectivity index (χ4n) is 0.804. The van der Waals surface area contributed by atoms with Crippen LogP contribution in [0.25, 0.3) is 0 Å². The SMILES string of the molecule is CC(C)(C)CNC(=O)NCCOCC(=O)O. The summed E-state index contributed by atoms with van der Waals surface area (Å²) >= 11 is 0. The average molecular weight is 232 g/mol. The number of hydrogen-bond acceptors (Lipinski definition) is 3. The molecule has 0 rings (SSSR count). The standard InChI is InChI=1S/C10H20N2O4/c1-10(2,3)7-12-9(15)11-4-5-16-6-8(13)14/h4-7H2,1-3H3,(H,13,14)(H2,11,12,15). The fourth-order valence-corrected chi connectivity index (χ4v) is 0.804. The molecule has 0 fully saturated rings. The summed E-state index contributed by atoms with van der Waals surface area (Å²) in [7, 11) is 0. The summed E-state index contributed by atoms with van der Waals surface area (Å²) < 4.78 is 4.75. The minimum absolute atomic E-state index is 0.0388. The highest BCUT2D eigenvalue weighted by Crippen LogP contribution is 2.09. The van der Waals surface area contributed by atoms with Crippen LogP contribution >= 0.6 is 0 Å². The third-order valence-corrected chi connectivity index (χ3v) is 1.54. The van der Waals surface area contributed by atoms with E-state index in [0.29, 0.717) is 13.1 Å². The molecule has 0 aromatic heterocycles. The summed E-state index contributed by atoms with van der Waals surface area (Å²) in [6, 6.07) is -0.270. The fraction of sp³-hybridized carbons (Fsp3) is 0.800. The van der Waals surface area contributed by atoms with Crippen molar-refractivity contribution in [3.63, 3.8) is 0 Å². The van der Waals surface area contributed by atoms with E-state index in [9.17, 15) is 9.59 Å². The van der Waals surface area contributed by atoms with E-state index in [-0.39, 0.29) is 24.7 Å². The quantitative estimate of drug-likeness (QED) is 0.580. The van der Waals surface area contributed by atoms with Crippen LogP contribution in [0.3, 0.4) is 0 Å². The molecule has 0 aliphatic heterocycles. The molecule has 0 saturated carbocycles. The van der Waals surface area contributed by atoms with Gasteiger partial charge in [0.25, 0.3) is 0 Å². The Balaban J connectivity index is 3.41. The number of carbonyl (C=O) groups is 2. The highest BCUT2D eigenvalue weighted by molar-refractivity contribution is 5.73. The summed E-state index contributed by atoms with van der Waals surface area (Å²) in [4.78, 5) is 21.3. The second kappa shape index (κ2) is 7.05. The molecule has 0 radical (unpaired) electrons. The van der Waals surface area contributed by atoms with Crippen molar-refractivity contribution in [3.8, 4) is 0 Å². The van der Waals surface area contributed by atoms with Crippen LogP contribution in [-0.4, -0.2) is 43.4 Å². The smallest absolute Gasteiger partial charge is 0.329 e. The van der Waals surface area contributed by atoms with Crippen LogP contribution in [0.4, 0.5) is 4.79 Å². The topological polar surface area (TPSA) is 87.7 Å². The number of nitrogens with one attached hydrogen (secondary N) is 2. The molecule has 0 unspecified atom stereocenters. The summed E-state index contributed by atoms with van der Waals surface area (Å²) in [6.07, 6.45) is 0. The van der Waals surface area contributed by atoms with Crippen LogP contribution in [0.5, 0.6) is 0 Å². The lowest BCUT2D eigenvalue weighted by atomic mass is 9.97. The van der Waals surface area contributed by atoms with Gasteiger partial charge < -0.3 is 20.5 Å². The van der Waals surface area contributed by atoms with Crippen molar-refractivity contribution in [2.75, 3.05) is 26.3 Å². The van der Waals surface area contributed by atoms with E-state index < -0.39 is 5.97 Å². The van der Waals surface area contributed by atoms with Gasteiger partial charge >= 0.3 is 12.0 Å². The number of rotatable bonds is 6. The molecular formula is C10H20N2O4. The predicted octanol–water partition coefficient (Wildman–Crippen LogP) is 0.433. The Morgan fingerprint density at radius 1 is 1.25 bits per heavy atom. The third kappa shape index (κ3) is 10.8. The van der Waals surface area contributed by atoms with Crippen LogP contribution in [0.2, 0.25) is 0 Å². The molecular weight excluding hydrogens is 212 g/mol. The summed E-state index contributed by atoms with van der Waals surface area (Å²) in [5, 5.41) is 13.5. The number of carboxylic acid groups (broad SMARTS) is 1. The average Bonchev–Trinajstić information content (AvgIpc) is 2.12. The highest BCUT2D eigenvalue weighted by Gasteiger charge is 2.11. The van der Waals surface area contributed by atoms with Gasteiger partial charge in [0.2, 0.25) is 0 Å². The Hall–Kier alpha value is -1.30. The lowest BCUT2D eigenvalue weighted by Gasteiger charge is -2.18. The molecule has 0 saturated heterocycles. The summed E-state index contributed by atoms with van der Waals surface area (Å²) in [5.41, 5.74) is 0.0388. The van der Waals surface area contributed by atoms with E-state index in [1.165, 1.54) is 0 Å². The van der Waals surface area contributed by atoms with Crippen molar-refractivity contribution in [2.24, 2.45) is 5.41 Å². The number of aliphatic carboxylic acids is 1. The molecule has 0 atom stereocenters. The maximum Gasteiger partial charge on any atom is 0.329 e. The van der Waals surface area contributed by atoms with Gasteiger partial charge in [-0.1, -0.05) is 20.8 Å². The zero-order valence-electron chi connectivity index (χ0n) is 10.0. The molecule has 0 aliphatic rings. The van der Waals surface area contributed by atoms with E-state index in [1.807, 2.05) is 20.8 Å². The number of carboxylic acids is 1. The van der Waals surface area contributed by atoms with Gasteiger partial charge in [-0.15, -0.1) is 0 Å². The Morgan fingerprint density at radius 3 is 2.38 bits per heavy atom. The van der Waals surface area contributed by atoms with E-state index in [4.69, 9.17) is 9.84 Å². The molecule has 0 aliphatic carbocycles. The van der Waals surface area contributed by atoms with Crippen LogP contribution in [0, 0.1) is 5.41 Å². The number of urea groups is 1. The van der Waals surface area contributed by atoms with Crippen molar-refractivity contribution in [1.29, 1.82) is 0 Å². The molecule has 16 heavy (non-hydrogen) atoms. The Labute approximate surface area is 95.4 Å². The molecule has 94 valence electrons. The van der Waals surface area contributed by atoms with E-state index in [1.54, 1.807) is 0 Å². The van der Waals surface area contributed by atoms with Gasteiger partial charge in [-0.05, 0) is 5.41 Å². The van der Waals surface area contributed by atoms with Crippen LogP contribution in [-0.2, 0) is 9.53 Å². The zero-order valence-corrected chi connectivity index (χ0v) is 10.0. The maximum absolute atomic E-state index is 11.2. The van der Waals surface area contributed by atoms with Gasteiger partial charge in [-0.25, -0.2) is 9.59 Å². The van der Waals surface area contributed by atoms with E-state index in [0.717, 1.165) is 0 Å². The first-order chi connectivity index (χ1) is 7.31. The zero-order chi connectivity index (χ0) is 12.6. The van der Waals surface area contributed by atoms with Gasteiger partial charge in [-0.3, -0.25) is 0 Å². The van der Waals surface area contributed by atoms with Crippen molar-refractivity contribution >= 4 is 12.0 Å². The van der Waals surface area contributed by atoms with Crippen molar-refractivity contribution in [1.82, 2.24) is 10.6 Å². The normalized spacial score (nSPS) is 10.9. The first kappa shape index (κ1) is 14.7. The van der Waals surface area contributed by atoms with Crippen LogP contribution < -0.4 is 10.6 Å². The highest BCUT2D eigenvalue weighted by atomic mass is 16.5. The largest absolute Gasteiger partial charge is 0.480 e. The molecule has 6 heteroatoms. The van der Waals surface area contributed by atoms with Gasteiger partial charge in [0.1, 0.15) is 6.61 Å². The molecule has 6 nitrogen and oxygen atoms in total. The van der Waals surface area contributed by atoms with Gasteiger partial charge in [0, 0.05) is 13.1 Å². The molecule has 0 aromatic carbocycles. The van der Waals surface area contributed by atoms with Crippen LogP contribution in [0.15, 0.2) is 0 Å². The van der Waals surface area contributed by atoms with Crippen LogP contribution in [0.1, 0.15) is 20.8 Å². The molecule has 3 N–H and O–H groups in total. The maximum atomic E-state index is 11.2. The van der Waals surface area contributed by atoms with Gasteiger partial charge in [-0.2, -0.15) is 0 Å². The van der Waals surface area contributed by atoms with E-state index in [2.05, 4.69) is 10.6 Å². The molecule has 2 amide bonds. The van der Waals surface area contributed by atoms with E-state index >= 15 is 0 Å². The first-order valence-electron chi connectivity index (χ1n) is 5.12. The van der Waals surface area contributed by atoms with Crippen molar-refractivity contribution in [2.45, 2.75) is 20.8 Å². The van der Waals surface area contributed by atoms with Gasteiger partial charge in [0.15, 0.2) is 0 Å². The number of hydrogen-bond donors (Lipinski definition) is 3. The molecule has 0 spiro atoms. The minimum Gasteiger partial charge on any atom is -0.480 e. The Morgan fingerprint density at radius 2 is 1.88 bits per heavy atom. The summed E-state index contributed by atoms with van der Waals surface area (Å²) in [6.45, 7) is 6.77. The van der Waals surface area contributed by atoms with Gasteiger partial charge in [0.05, 0.1) is 6.61 Å². The minimum atomic E-state index is -1.02. The number of amides is 2. The molecule has 0 bridgehead atoms. The predicted molar refractivity (Wildman–Crippen MR) is 59.3 cm³/mol. The Kier molecular flexibility index (Phi) is 6.48. The number of ether oxygens (including phenoxy) is 1. The van der Waals surface area contributed by atoms with Crippen molar-refractivity contribution < 1.29 is 19.4 Å². The Bertz CT molecular complexity index is 235. The summed E-state index contributed by atoms with van der Waals surface area (Å²) in [5.74, 6) is -1.02.